The summed E-state index contributed by atoms with van der Waals surface area (Å²) in [5.41, 5.74) is 1.95. The SMILES string of the molecule is COC(Cc1ccc(NC(=O)c2ccccc2)cc1)([PH+]=O)C(CC(C)C)C(=O)O. The maximum absolute atomic E-state index is 12.3. The van der Waals surface area contributed by atoms with E-state index in [1.165, 1.54) is 7.11 Å². The number of benzene rings is 2. The fourth-order valence-electron chi connectivity index (χ4n) is 3.25. The van der Waals surface area contributed by atoms with Gasteiger partial charge in [0.05, 0.1) is 0 Å². The summed E-state index contributed by atoms with van der Waals surface area (Å²) in [6, 6.07) is 15.9. The Morgan fingerprint density at radius 3 is 2.21 bits per heavy atom. The molecule has 2 aromatic carbocycles. The van der Waals surface area contributed by atoms with Gasteiger partial charge in [0.15, 0.2) is 0 Å². The van der Waals surface area contributed by atoms with Crippen molar-refractivity contribution < 1.29 is 24.0 Å². The van der Waals surface area contributed by atoms with Crippen LogP contribution in [-0.2, 0) is 20.5 Å². The molecule has 0 aliphatic carbocycles. The van der Waals surface area contributed by atoms with Crippen LogP contribution in [0, 0.1) is 11.8 Å². The van der Waals surface area contributed by atoms with Crippen molar-refractivity contribution in [3.05, 3.63) is 65.7 Å². The second kappa shape index (κ2) is 10.3. The lowest BCUT2D eigenvalue weighted by atomic mass is 9.88. The van der Waals surface area contributed by atoms with Gasteiger partial charge in [-0.1, -0.05) is 48.7 Å². The zero-order chi connectivity index (χ0) is 21.4. The number of carbonyl (C=O) groups is 2. The van der Waals surface area contributed by atoms with Crippen LogP contribution in [0.4, 0.5) is 5.69 Å². The number of methoxy groups -OCH3 is 1. The van der Waals surface area contributed by atoms with Gasteiger partial charge < -0.3 is 15.2 Å². The molecule has 0 aliphatic rings. The summed E-state index contributed by atoms with van der Waals surface area (Å²) in [5, 5.41) is 11.2. The van der Waals surface area contributed by atoms with E-state index in [0.717, 1.165) is 5.56 Å². The van der Waals surface area contributed by atoms with Crippen LogP contribution in [0.2, 0.25) is 0 Å². The lowest BCUT2D eigenvalue weighted by Gasteiger charge is -2.27. The lowest BCUT2D eigenvalue weighted by molar-refractivity contribution is -0.149. The zero-order valence-electron chi connectivity index (χ0n) is 16.8. The maximum atomic E-state index is 12.3. The van der Waals surface area contributed by atoms with Crippen LogP contribution in [0.5, 0.6) is 0 Å². The Morgan fingerprint density at radius 1 is 1.10 bits per heavy atom. The first kappa shape index (κ1) is 22.7. The molecular formula is C22H27NO5P+. The second-order valence-electron chi connectivity index (χ2n) is 7.41. The Balaban J connectivity index is 2.17. The zero-order valence-corrected chi connectivity index (χ0v) is 17.8. The molecule has 0 radical (unpaired) electrons. The Bertz CT molecular complexity index is 838. The second-order valence-corrected chi connectivity index (χ2v) is 8.46. The molecule has 6 nitrogen and oxygen atoms in total. The van der Waals surface area contributed by atoms with Crippen LogP contribution in [0.25, 0.3) is 0 Å². The van der Waals surface area contributed by atoms with Crippen LogP contribution in [0.3, 0.4) is 0 Å². The van der Waals surface area contributed by atoms with E-state index in [1.54, 1.807) is 48.5 Å². The average Bonchev–Trinajstić information content (AvgIpc) is 2.72. The molecular weight excluding hydrogens is 389 g/mol. The fourth-order valence-corrected chi connectivity index (χ4v) is 3.99. The molecule has 154 valence electrons. The Labute approximate surface area is 172 Å². The van der Waals surface area contributed by atoms with Crippen molar-refractivity contribution in [2.24, 2.45) is 11.8 Å². The van der Waals surface area contributed by atoms with Crippen LogP contribution in [-0.4, -0.2) is 29.4 Å². The molecule has 0 spiro atoms. The quantitative estimate of drug-likeness (QED) is 0.553. The number of rotatable bonds is 10. The molecule has 0 fully saturated rings. The number of carboxylic acid groups (broad SMARTS) is 1. The van der Waals surface area contributed by atoms with Gasteiger partial charge in [-0.3, -0.25) is 9.59 Å². The number of nitrogens with one attached hydrogen (secondary N) is 1. The molecule has 0 saturated carbocycles. The number of ether oxygens (including phenoxy) is 1. The van der Waals surface area contributed by atoms with Gasteiger partial charge in [0, 0.05) is 24.8 Å². The summed E-state index contributed by atoms with van der Waals surface area (Å²) >= 11 is 0. The van der Waals surface area contributed by atoms with Gasteiger partial charge in [-0.2, -0.15) is 0 Å². The monoisotopic (exact) mass is 416 g/mol. The molecule has 3 atom stereocenters. The predicted octanol–water partition coefficient (Wildman–Crippen LogP) is 4.60. The highest BCUT2D eigenvalue weighted by molar-refractivity contribution is 7.25. The first-order valence-electron chi connectivity index (χ1n) is 9.44. The largest absolute Gasteiger partial charge is 0.481 e. The minimum absolute atomic E-state index is 0.123. The van der Waals surface area contributed by atoms with E-state index in [0.29, 0.717) is 17.7 Å². The Kier molecular flexibility index (Phi) is 8.06. The van der Waals surface area contributed by atoms with Crippen LogP contribution in [0.15, 0.2) is 54.6 Å². The highest BCUT2D eigenvalue weighted by Gasteiger charge is 2.51. The first-order chi connectivity index (χ1) is 13.8. The molecule has 2 rings (SSSR count). The van der Waals surface area contributed by atoms with Gasteiger partial charge in [-0.05, 0) is 42.2 Å². The topological polar surface area (TPSA) is 92.7 Å². The molecule has 0 aromatic heterocycles. The van der Waals surface area contributed by atoms with E-state index < -0.39 is 25.7 Å². The molecule has 7 heteroatoms. The van der Waals surface area contributed by atoms with Crippen molar-refractivity contribution >= 4 is 26.0 Å². The lowest BCUT2D eigenvalue weighted by Crippen LogP contribution is -2.42. The summed E-state index contributed by atoms with van der Waals surface area (Å²) < 4.78 is 17.6. The maximum Gasteiger partial charge on any atom is 0.361 e. The Morgan fingerprint density at radius 2 is 1.72 bits per heavy atom. The van der Waals surface area contributed by atoms with Gasteiger partial charge in [0.25, 0.3) is 11.2 Å². The van der Waals surface area contributed by atoms with Crippen LogP contribution < -0.4 is 5.32 Å². The molecule has 2 aromatic rings. The minimum atomic E-state index is -1.30. The number of anilines is 1. The molecule has 29 heavy (non-hydrogen) atoms. The highest BCUT2D eigenvalue weighted by atomic mass is 31.1. The van der Waals surface area contributed by atoms with Gasteiger partial charge in [-0.25, -0.2) is 0 Å². The molecule has 0 aliphatic heterocycles. The molecule has 0 saturated heterocycles. The van der Waals surface area contributed by atoms with Gasteiger partial charge >= 0.3 is 14.4 Å². The fraction of sp³-hybridized carbons (Fsp3) is 0.364. The van der Waals surface area contributed by atoms with Crippen molar-refractivity contribution in [1.82, 2.24) is 0 Å². The number of hydrogen-bond acceptors (Lipinski definition) is 4. The van der Waals surface area contributed by atoms with Crippen molar-refractivity contribution in [1.29, 1.82) is 0 Å². The van der Waals surface area contributed by atoms with E-state index in [2.05, 4.69) is 5.32 Å². The third-order valence-corrected chi connectivity index (χ3v) is 5.89. The van der Waals surface area contributed by atoms with E-state index >= 15 is 0 Å². The molecule has 0 heterocycles. The van der Waals surface area contributed by atoms with Crippen molar-refractivity contribution in [3.8, 4) is 0 Å². The molecule has 1 amide bonds. The van der Waals surface area contributed by atoms with Crippen molar-refractivity contribution in [2.45, 2.75) is 32.0 Å². The number of aliphatic carboxylic acids is 1. The van der Waals surface area contributed by atoms with Gasteiger partial charge in [0.1, 0.15) is 5.92 Å². The average molecular weight is 416 g/mol. The minimum Gasteiger partial charge on any atom is -0.481 e. The summed E-state index contributed by atoms with van der Waals surface area (Å²) in [4.78, 5) is 24.1. The molecule has 2 N–H and O–H groups in total. The number of carbonyl (C=O) groups excluding carboxylic acids is 1. The van der Waals surface area contributed by atoms with Crippen LogP contribution in [0.1, 0.15) is 36.2 Å². The third-order valence-electron chi connectivity index (χ3n) is 4.82. The van der Waals surface area contributed by atoms with Crippen molar-refractivity contribution in [3.63, 3.8) is 0 Å². The third kappa shape index (κ3) is 5.96. The van der Waals surface area contributed by atoms with Gasteiger partial charge in [-0.15, -0.1) is 0 Å². The van der Waals surface area contributed by atoms with E-state index in [1.807, 2.05) is 19.9 Å². The van der Waals surface area contributed by atoms with E-state index in [-0.39, 0.29) is 18.2 Å². The standard InChI is InChI=1S/C22H26NO5P/c1-15(2)13-19(21(25)26)22(28-3,29-27)14-16-9-11-18(12-10-16)23-20(24)17-7-5-4-6-8-17/h4-12,15,19H,13-14H2,1-3H3,(H,23,24)(H,25,26)/p+1. The summed E-state index contributed by atoms with van der Waals surface area (Å²) in [5.74, 6) is -2.00. The van der Waals surface area contributed by atoms with Crippen molar-refractivity contribution in [2.75, 3.05) is 12.4 Å². The predicted molar refractivity (Wildman–Crippen MR) is 114 cm³/mol. The first-order valence-corrected chi connectivity index (χ1v) is 10.3. The van der Waals surface area contributed by atoms with E-state index in [4.69, 9.17) is 4.74 Å². The van der Waals surface area contributed by atoms with E-state index in [9.17, 15) is 19.3 Å². The van der Waals surface area contributed by atoms with Gasteiger partial charge in [0.2, 0.25) is 0 Å². The smallest absolute Gasteiger partial charge is 0.361 e. The van der Waals surface area contributed by atoms with Crippen LogP contribution >= 0.6 is 8.46 Å². The highest BCUT2D eigenvalue weighted by Crippen LogP contribution is 2.40. The summed E-state index contributed by atoms with van der Waals surface area (Å²) in [7, 11) is 0.468. The number of hydrogen-bond donors (Lipinski definition) is 2. The summed E-state index contributed by atoms with van der Waals surface area (Å²) in [6.45, 7) is 3.85. The summed E-state index contributed by atoms with van der Waals surface area (Å²) in [6.07, 6.45) is 0.561. The number of amides is 1. The Hall–Kier alpha value is -2.56. The molecule has 3 unspecified atom stereocenters. The molecule has 0 bridgehead atoms. The normalized spacial score (nSPS) is 14.3. The number of carboxylic acids is 1.